The van der Waals surface area contributed by atoms with Crippen molar-refractivity contribution in [2.75, 3.05) is 9.03 Å². The number of para-hydroxylation sites is 1. The molecule has 0 atom stereocenters. The maximum absolute atomic E-state index is 14.1. The van der Waals surface area contributed by atoms with E-state index in [-0.39, 0.29) is 10.1 Å². The number of benzene rings is 1. The molecule has 0 radical (unpaired) electrons. The lowest BCUT2D eigenvalue weighted by atomic mass is 10.3. The molecule has 28 heavy (non-hydrogen) atoms. The third-order valence-corrected chi connectivity index (χ3v) is 4.99. The first-order chi connectivity index (χ1) is 13.1. The Morgan fingerprint density at radius 3 is 2.46 bits per heavy atom. The Hall–Kier alpha value is -2.57. The molecule has 0 spiro atoms. The van der Waals surface area contributed by atoms with Crippen LogP contribution in [0.15, 0.2) is 30.5 Å². The first-order valence-electron chi connectivity index (χ1n) is 7.39. The molecule has 0 aliphatic carbocycles. The predicted molar refractivity (Wildman–Crippen MR) is 97.4 cm³/mol. The quantitative estimate of drug-likeness (QED) is 0.596. The predicted octanol–water partition coefficient (Wildman–Crippen LogP) is 2.20. The van der Waals surface area contributed by atoms with Gasteiger partial charge in [-0.05, 0) is 25.1 Å². The number of nitrogens with one attached hydrogen (secondary N) is 1. The molecule has 1 N–H and O–H groups in total. The van der Waals surface area contributed by atoms with Crippen LogP contribution in [-0.4, -0.2) is 38.7 Å². The molecule has 0 fully saturated rings. The van der Waals surface area contributed by atoms with Crippen LogP contribution in [-0.2, 0) is 15.0 Å². The van der Waals surface area contributed by atoms with Gasteiger partial charge >= 0.3 is 10.2 Å². The molecule has 0 aliphatic rings. The molecule has 2 heterocycles. The lowest BCUT2D eigenvalue weighted by molar-refractivity contribution is -0.115. The Morgan fingerprint density at radius 2 is 1.86 bits per heavy atom. The number of hydrogen-bond donors (Lipinski definition) is 1. The van der Waals surface area contributed by atoms with Gasteiger partial charge in [0.2, 0.25) is 0 Å². The normalized spacial score (nSPS) is 11.8. The SMILES string of the molecule is Cc1ccn2nc(NS(=O)(=O)N(C(=O)C(Cl)Cl)c3c(F)cccc3F)nc2n1. The van der Waals surface area contributed by atoms with E-state index in [1.165, 1.54) is 6.20 Å². The fourth-order valence-electron chi connectivity index (χ4n) is 2.19. The second kappa shape index (κ2) is 7.45. The maximum atomic E-state index is 14.1. The van der Waals surface area contributed by atoms with Crippen LogP contribution in [0.2, 0.25) is 0 Å². The highest BCUT2D eigenvalue weighted by atomic mass is 35.5. The number of carbonyl (C=O) groups excluding carboxylic acids is 1. The van der Waals surface area contributed by atoms with E-state index in [0.717, 1.165) is 22.7 Å². The number of aromatic nitrogens is 4. The number of hydrogen-bond acceptors (Lipinski definition) is 6. The Morgan fingerprint density at radius 1 is 1.21 bits per heavy atom. The van der Waals surface area contributed by atoms with Crippen molar-refractivity contribution in [1.29, 1.82) is 0 Å². The molecular formula is C14H10Cl2F2N6O3S. The van der Waals surface area contributed by atoms with Gasteiger partial charge in [-0.15, -0.1) is 5.10 Å². The van der Waals surface area contributed by atoms with E-state index in [1.807, 2.05) is 4.72 Å². The summed E-state index contributed by atoms with van der Waals surface area (Å²) in [6.07, 6.45) is 1.47. The fraction of sp³-hybridized carbons (Fsp3) is 0.143. The van der Waals surface area contributed by atoms with E-state index in [4.69, 9.17) is 23.2 Å². The van der Waals surface area contributed by atoms with Gasteiger partial charge in [0, 0.05) is 11.9 Å². The van der Waals surface area contributed by atoms with Crippen LogP contribution < -0.4 is 9.03 Å². The van der Waals surface area contributed by atoms with E-state index in [9.17, 15) is 22.0 Å². The third kappa shape index (κ3) is 3.84. The zero-order valence-corrected chi connectivity index (χ0v) is 16.2. The molecule has 3 aromatic rings. The first kappa shape index (κ1) is 20.2. The van der Waals surface area contributed by atoms with Gasteiger partial charge in [0.05, 0.1) is 0 Å². The van der Waals surface area contributed by atoms with Gasteiger partial charge in [0.15, 0.2) is 16.5 Å². The van der Waals surface area contributed by atoms with E-state index in [2.05, 4.69) is 15.1 Å². The van der Waals surface area contributed by atoms with Crippen LogP contribution in [0.5, 0.6) is 0 Å². The summed E-state index contributed by atoms with van der Waals surface area (Å²) in [7, 11) is -4.96. The molecule has 1 aromatic carbocycles. The molecule has 0 aliphatic heterocycles. The average molecular weight is 451 g/mol. The van der Waals surface area contributed by atoms with E-state index in [0.29, 0.717) is 5.69 Å². The fourth-order valence-corrected chi connectivity index (χ4v) is 3.67. The van der Waals surface area contributed by atoms with E-state index >= 15 is 0 Å². The second-order valence-electron chi connectivity index (χ2n) is 5.33. The van der Waals surface area contributed by atoms with E-state index in [1.54, 1.807) is 13.0 Å². The van der Waals surface area contributed by atoms with Gasteiger partial charge in [-0.3, -0.25) is 4.79 Å². The largest absolute Gasteiger partial charge is 0.333 e. The number of fused-ring (bicyclic) bond motifs is 1. The molecule has 3 rings (SSSR count). The molecule has 0 saturated heterocycles. The van der Waals surface area contributed by atoms with Crippen molar-refractivity contribution in [2.24, 2.45) is 0 Å². The first-order valence-corrected chi connectivity index (χ1v) is 9.70. The number of nitrogens with zero attached hydrogens (tertiary/aromatic N) is 5. The second-order valence-corrected chi connectivity index (χ2v) is 7.95. The average Bonchev–Trinajstić information content (AvgIpc) is 2.97. The van der Waals surface area contributed by atoms with Gasteiger partial charge in [-0.1, -0.05) is 29.3 Å². The third-order valence-electron chi connectivity index (χ3n) is 3.33. The summed E-state index contributed by atoms with van der Waals surface area (Å²) >= 11 is 10.9. The van der Waals surface area contributed by atoms with Gasteiger partial charge in [0.1, 0.15) is 5.69 Å². The van der Waals surface area contributed by atoms with Crippen molar-refractivity contribution in [2.45, 2.75) is 11.8 Å². The molecule has 0 saturated carbocycles. The Balaban J connectivity index is 2.08. The summed E-state index contributed by atoms with van der Waals surface area (Å²) in [5.41, 5.74) is -0.587. The summed E-state index contributed by atoms with van der Waals surface area (Å²) < 4.78 is 56.6. The smallest absolute Gasteiger partial charge is 0.270 e. The zero-order chi connectivity index (χ0) is 20.6. The van der Waals surface area contributed by atoms with E-state index < -0.39 is 44.2 Å². The minimum atomic E-state index is -4.96. The molecule has 1 amide bonds. The standard InChI is InChI=1S/C14H10Cl2F2N6O3S/c1-7-5-6-23-14(19-7)20-13(21-23)22-28(26,27)24(12(25)11(15)16)10-8(17)3-2-4-9(10)18/h2-6,11H,1H3,(H,21,22). The molecule has 0 unspecified atom stereocenters. The molecule has 2 aromatic heterocycles. The van der Waals surface area contributed by atoms with Gasteiger partial charge in [-0.2, -0.15) is 17.7 Å². The summed E-state index contributed by atoms with van der Waals surface area (Å²) in [6, 6.07) is 4.12. The zero-order valence-electron chi connectivity index (χ0n) is 13.8. The Labute approximate surface area is 167 Å². The van der Waals surface area contributed by atoms with Crippen molar-refractivity contribution in [3.63, 3.8) is 0 Å². The molecule has 14 heteroatoms. The number of rotatable bonds is 5. The molecular weight excluding hydrogens is 441 g/mol. The number of alkyl halides is 2. The summed E-state index contributed by atoms with van der Waals surface area (Å²) in [4.78, 5) is 18.2. The van der Waals surface area contributed by atoms with Crippen LogP contribution in [0.3, 0.4) is 0 Å². The van der Waals surface area contributed by atoms with Crippen LogP contribution in [0.25, 0.3) is 5.78 Å². The lowest BCUT2D eigenvalue weighted by Crippen LogP contribution is -2.44. The highest BCUT2D eigenvalue weighted by Gasteiger charge is 2.37. The maximum Gasteiger partial charge on any atom is 0.333 e. The van der Waals surface area contributed by atoms with Gasteiger partial charge < -0.3 is 0 Å². The summed E-state index contributed by atoms with van der Waals surface area (Å²) in [6.45, 7) is 1.68. The van der Waals surface area contributed by atoms with Crippen LogP contribution in [0.4, 0.5) is 20.4 Å². The highest BCUT2D eigenvalue weighted by Crippen LogP contribution is 2.28. The van der Waals surface area contributed by atoms with Crippen molar-refractivity contribution in [3.05, 3.63) is 47.8 Å². The topological polar surface area (TPSA) is 110 Å². The Bertz CT molecular complexity index is 1150. The summed E-state index contributed by atoms with van der Waals surface area (Å²) in [5, 5.41) is 3.83. The highest BCUT2D eigenvalue weighted by molar-refractivity contribution is 7.94. The van der Waals surface area contributed by atoms with Crippen LogP contribution >= 0.6 is 23.2 Å². The van der Waals surface area contributed by atoms with Crippen molar-refractivity contribution >= 4 is 56.7 Å². The lowest BCUT2D eigenvalue weighted by Gasteiger charge is -2.23. The molecule has 148 valence electrons. The number of amides is 1. The van der Waals surface area contributed by atoms with Crippen LogP contribution in [0.1, 0.15) is 5.69 Å². The van der Waals surface area contributed by atoms with Gasteiger partial charge in [-0.25, -0.2) is 23.0 Å². The monoisotopic (exact) mass is 450 g/mol. The number of carbonyl (C=O) groups is 1. The number of anilines is 2. The molecule has 0 bridgehead atoms. The number of aryl methyl sites for hydroxylation is 1. The minimum absolute atomic E-state index is 0.0558. The van der Waals surface area contributed by atoms with Crippen molar-refractivity contribution < 1.29 is 22.0 Å². The van der Waals surface area contributed by atoms with Crippen molar-refractivity contribution in [3.8, 4) is 0 Å². The summed E-state index contributed by atoms with van der Waals surface area (Å²) in [5.74, 6) is -4.59. The minimum Gasteiger partial charge on any atom is -0.270 e. The Kier molecular flexibility index (Phi) is 5.37. The van der Waals surface area contributed by atoms with Crippen molar-refractivity contribution in [1.82, 2.24) is 19.6 Å². The van der Waals surface area contributed by atoms with Crippen LogP contribution in [0, 0.1) is 18.6 Å². The molecule has 9 nitrogen and oxygen atoms in total. The van der Waals surface area contributed by atoms with Gasteiger partial charge in [0.25, 0.3) is 17.6 Å². The number of halogens is 4.